The molecule has 1 aliphatic carbocycles. The Kier molecular flexibility index (Phi) is 5.66. The molecule has 166 valence electrons. The quantitative estimate of drug-likeness (QED) is 0.413. The van der Waals surface area contributed by atoms with Crippen molar-refractivity contribution in [2.45, 2.75) is 39.0 Å². The number of aromatic amines is 2. The summed E-state index contributed by atoms with van der Waals surface area (Å²) in [6, 6.07) is 6.16. The molecule has 32 heavy (non-hydrogen) atoms. The maximum Gasteiger partial charge on any atom is 0.240 e. The highest BCUT2D eigenvalue weighted by molar-refractivity contribution is 5.93. The van der Waals surface area contributed by atoms with Gasteiger partial charge in [0, 0.05) is 24.5 Å². The minimum Gasteiger partial charge on any atom is -0.477 e. The predicted molar refractivity (Wildman–Crippen MR) is 125 cm³/mol. The normalized spacial score (nSPS) is 16.3. The van der Waals surface area contributed by atoms with Crippen LogP contribution in [0.3, 0.4) is 0 Å². The van der Waals surface area contributed by atoms with E-state index in [2.05, 4.69) is 31.6 Å². The Labute approximate surface area is 186 Å². The summed E-state index contributed by atoms with van der Waals surface area (Å²) in [4.78, 5) is 0. The lowest BCUT2D eigenvalue weighted by atomic mass is 10.0. The number of nitrogens with one attached hydrogen (secondary N) is 2. The van der Waals surface area contributed by atoms with Crippen molar-refractivity contribution in [1.82, 2.24) is 30.2 Å². The van der Waals surface area contributed by atoms with Gasteiger partial charge < -0.3 is 9.47 Å². The third-order valence-electron chi connectivity index (χ3n) is 5.92. The van der Waals surface area contributed by atoms with Crippen LogP contribution in [0.5, 0.6) is 11.8 Å². The zero-order valence-electron chi connectivity index (χ0n) is 18.5. The highest BCUT2D eigenvalue weighted by atomic mass is 16.5. The summed E-state index contributed by atoms with van der Waals surface area (Å²) in [5.74, 6) is 1.33. The first kappa shape index (κ1) is 20.4. The van der Waals surface area contributed by atoms with Crippen LogP contribution < -0.4 is 9.47 Å². The van der Waals surface area contributed by atoms with E-state index >= 15 is 0 Å². The molecule has 6 rings (SSSR count). The molecule has 1 aliphatic heterocycles. The molecule has 8 nitrogen and oxygen atoms in total. The Bertz CT molecular complexity index is 1240. The van der Waals surface area contributed by atoms with E-state index in [0.29, 0.717) is 19.1 Å². The molecule has 2 aliphatic rings. The van der Waals surface area contributed by atoms with Crippen LogP contribution in [-0.4, -0.2) is 43.4 Å². The maximum atomic E-state index is 6.03. The minimum atomic E-state index is 0.514. The van der Waals surface area contributed by atoms with Gasteiger partial charge in [0.2, 0.25) is 11.8 Å². The van der Waals surface area contributed by atoms with E-state index in [1.807, 2.05) is 44.5 Å². The van der Waals surface area contributed by atoms with E-state index in [9.17, 15) is 0 Å². The fraction of sp³-hybridized carbons (Fsp3) is 0.375. The van der Waals surface area contributed by atoms with Gasteiger partial charge >= 0.3 is 0 Å². The SMILES string of the molecule is C1CCC1.Cc1[nH]nc2c1/C=C/c1[nH]nc3ccc(cc13)-c1cnn(C)c1OCCCO2. The van der Waals surface area contributed by atoms with E-state index < -0.39 is 0 Å². The number of ether oxygens (including phenoxy) is 2. The standard InChI is InChI=1S/C20H20N6O2.C4H8/c1-12-14-5-7-18-15-10-13(4-6-17(15)23-24-18)16-11-21-26(2)20(16)28-9-3-8-27-19(14)25-22-12;1-2-4-3-1/h4-7,10-11H,3,8-9H2,1-2H3,(H,22,25)(H,23,24);1-4H2/b7-5+;. The Morgan fingerprint density at radius 1 is 0.938 bits per heavy atom. The van der Waals surface area contributed by atoms with Crippen LogP contribution >= 0.6 is 0 Å². The van der Waals surface area contributed by atoms with Crippen LogP contribution in [0.25, 0.3) is 34.2 Å². The molecule has 0 unspecified atom stereocenters. The summed E-state index contributed by atoms with van der Waals surface area (Å²) in [6.45, 7) is 3.02. The number of hydrogen-bond donors (Lipinski definition) is 2. The molecular formula is C24H28N6O2. The summed E-state index contributed by atoms with van der Waals surface area (Å²) >= 11 is 0. The minimum absolute atomic E-state index is 0.514. The van der Waals surface area contributed by atoms with Gasteiger partial charge in [-0.25, -0.2) is 4.68 Å². The summed E-state index contributed by atoms with van der Waals surface area (Å²) in [6.07, 6.45) is 12.6. The Morgan fingerprint density at radius 3 is 2.56 bits per heavy atom. The number of aryl methyl sites for hydroxylation is 2. The van der Waals surface area contributed by atoms with Crippen molar-refractivity contribution in [1.29, 1.82) is 0 Å². The first-order valence-corrected chi connectivity index (χ1v) is 11.2. The van der Waals surface area contributed by atoms with Gasteiger partial charge in [-0.05, 0) is 36.8 Å². The van der Waals surface area contributed by atoms with Crippen molar-refractivity contribution in [2.24, 2.45) is 7.05 Å². The average molecular weight is 433 g/mol. The van der Waals surface area contributed by atoms with Gasteiger partial charge in [-0.2, -0.15) is 10.2 Å². The molecule has 2 bridgehead atoms. The van der Waals surface area contributed by atoms with Gasteiger partial charge in [0.05, 0.1) is 41.7 Å². The Hall–Kier alpha value is -3.55. The summed E-state index contributed by atoms with van der Waals surface area (Å²) in [7, 11) is 1.88. The van der Waals surface area contributed by atoms with Gasteiger partial charge in [0.15, 0.2) is 0 Å². The van der Waals surface area contributed by atoms with Crippen LogP contribution in [0.15, 0.2) is 24.4 Å². The van der Waals surface area contributed by atoms with E-state index in [4.69, 9.17) is 9.47 Å². The predicted octanol–water partition coefficient (Wildman–Crippen LogP) is 4.89. The Balaban J connectivity index is 0.000000489. The number of rotatable bonds is 0. The highest BCUT2D eigenvalue weighted by Gasteiger charge is 2.15. The molecule has 0 amide bonds. The Morgan fingerprint density at radius 2 is 1.75 bits per heavy atom. The molecule has 8 heteroatoms. The van der Waals surface area contributed by atoms with Crippen molar-refractivity contribution in [3.8, 4) is 22.9 Å². The smallest absolute Gasteiger partial charge is 0.240 e. The first-order chi connectivity index (χ1) is 15.7. The van der Waals surface area contributed by atoms with Crippen molar-refractivity contribution in [3.63, 3.8) is 0 Å². The van der Waals surface area contributed by atoms with Crippen molar-refractivity contribution < 1.29 is 9.47 Å². The van der Waals surface area contributed by atoms with Gasteiger partial charge in [0.25, 0.3) is 0 Å². The molecule has 0 atom stereocenters. The second-order valence-electron chi connectivity index (χ2n) is 8.22. The molecule has 1 fully saturated rings. The zero-order valence-corrected chi connectivity index (χ0v) is 18.5. The molecule has 1 saturated carbocycles. The van der Waals surface area contributed by atoms with Crippen LogP contribution in [0, 0.1) is 6.92 Å². The van der Waals surface area contributed by atoms with E-state index in [1.54, 1.807) is 4.68 Å². The molecule has 4 aromatic rings. The number of nitrogens with zero attached hydrogens (tertiary/aromatic N) is 4. The molecule has 1 aromatic carbocycles. The van der Waals surface area contributed by atoms with Gasteiger partial charge in [-0.15, -0.1) is 5.10 Å². The monoisotopic (exact) mass is 432 g/mol. The summed E-state index contributed by atoms with van der Waals surface area (Å²) in [5, 5.41) is 20.2. The largest absolute Gasteiger partial charge is 0.477 e. The summed E-state index contributed by atoms with van der Waals surface area (Å²) < 4.78 is 13.6. The van der Waals surface area contributed by atoms with Crippen LogP contribution in [0.4, 0.5) is 0 Å². The lowest BCUT2D eigenvalue weighted by Gasteiger charge is -2.09. The van der Waals surface area contributed by atoms with Crippen molar-refractivity contribution >= 4 is 23.1 Å². The van der Waals surface area contributed by atoms with Crippen LogP contribution in [0.2, 0.25) is 0 Å². The second kappa shape index (κ2) is 8.90. The first-order valence-electron chi connectivity index (χ1n) is 11.2. The number of aromatic nitrogens is 6. The number of benzene rings is 1. The van der Waals surface area contributed by atoms with Crippen molar-refractivity contribution in [2.75, 3.05) is 13.2 Å². The second-order valence-corrected chi connectivity index (χ2v) is 8.22. The third-order valence-corrected chi connectivity index (χ3v) is 5.92. The number of fused-ring (bicyclic) bond motifs is 4. The highest BCUT2D eigenvalue weighted by Crippen LogP contribution is 2.33. The lowest BCUT2D eigenvalue weighted by molar-refractivity contribution is 0.232. The average Bonchev–Trinajstić information content (AvgIpc) is 3.42. The van der Waals surface area contributed by atoms with E-state index in [-0.39, 0.29) is 0 Å². The molecule has 2 N–H and O–H groups in total. The zero-order chi connectivity index (χ0) is 21.9. The number of H-pyrrole nitrogens is 2. The van der Waals surface area contributed by atoms with Crippen LogP contribution in [0.1, 0.15) is 49.1 Å². The molecule has 0 saturated heterocycles. The van der Waals surface area contributed by atoms with E-state index in [0.717, 1.165) is 51.3 Å². The molecule has 3 aromatic heterocycles. The fourth-order valence-corrected chi connectivity index (χ4v) is 3.66. The molecule has 0 radical (unpaired) electrons. The molecule has 4 heterocycles. The maximum absolute atomic E-state index is 6.03. The molecule has 0 spiro atoms. The molecular weight excluding hydrogens is 404 g/mol. The number of hydrogen-bond acceptors (Lipinski definition) is 5. The van der Waals surface area contributed by atoms with Gasteiger partial charge in [0.1, 0.15) is 0 Å². The van der Waals surface area contributed by atoms with E-state index in [1.165, 1.54) is 25.7 Å². The lowest BCUT2D eigenvalue weighted by Crippen LogP contribution is -2.08. The summed E-state index contributed by atoms with van der Waals surface area (Å²) in [5.41, 5.74) is 5.71. The van der Waals surface area contributed by atoms with Crippen molar-refractivity contribution in [3.05, 3.63) is 41.3 Å². The topological polar surface area (TPSA) is 93.6 Å². The fourth-order valence-electron chi connectivity index (χ4n) is 3.66. The van der Waals surface area contributed by atoms with Gasteiger partial charge in [-0.1, -0.05) is 31.7 Å². The third kappa shape index (κ3) is 4.00. The van der Waals surface area contributed by atoms with Gasteiger partial charge in [-0.3, -0.25) is 10.2 Å². The van der Waals surface area contributed by atoms with Crippen LogP contribution in [-0.2, 0) is 7.05 Å².